The van der Waals surface area contributed by atoms with Gasteiger partial charge in [-0.15, -0.1) is 5.10 Å². The van der Waals surface area contributed by atoms with Gasteiger partial charge in [-0.05, 0) is 31.4 Å². The van der Waals surface area contributed by atoms with Crippen LogP contribution in [0.4, 0.5) is 0 Å². The van der Waals surface area contributed by atoms with Gasteiger partial charge < -0.3 is 10.3 Å². The van der Waals surface area contributed by atoms with Gasteiger partial charge >= 0.3 is 0 Å². The van der Waals surface area contributed by atoms with Crippen molar-refractivity contribution >= 4 is 10.9 Å². The summed E-state index contributed by atoms with van der Waals surface area (Å²) in [7, 11) is 0. The number of rotatable bonds is 3. The second-order valence-electron chi connectivity index (χ2n) is 5.59. The summed E-state index contributed by atoms with van der Waals surface area (Å²) in [6, 6.07) is 7.05. The highest BCUT2D eigenvalue weighted by Crippen LogP contribution is 2.36. The smallest absolute Gasteiger partial charge is 0.278 e. The Kier molecular flexibility index (Phi) is 2.80. The van der Waals surface area contributed by atoms with Gasteiger partial charge in [-0.2, -0.15) is 4.98 Å². The monoisotopic (exact) mass is 298 g/mol. The summed E-state index contributed by atoms with van der Waals surface area (Å²) in [5.41, 5.74) is 5.99. The van der Waals surface area contributed by atoms with Crippen molar-refractivity contribution in [2.75, 3.05) is 0 Å². The van der Waals surface area contributed by atoms with E-state index < -0.39 is 5.54 Å². The van der Waals surface area contributed by atoms with Crippen molar-refractivity contribution in [1.29, 1.82) is 0 Å². The highest BCUT2D eigenvalue weighted by molar-refractivity contribution is 5.76. The molecule has 0 amide bonds. The SMILES string of the molecule is NC1(c2noc(Cn3nnc4ccccc4c3=O)n2)CCC1. The number of benzene rings is 1. The standard InChI is InChI=1S/C14H14N6O2/c15-14(6-3-7-14)13-16-11(22-18-13)8-20-12(21)9-4-1-2-5-10(9)17-19-20/h1-2,4-5H,3,6-8,15H2. The normalized spacial score (nSPS) is 16.6. The van der Waals surface area contributed by atoms with E-state index in [1.165, 1.54) is 4.68 Å². The Bertz CT molecular complexity index is 895. The van der Waals surface area contributed by atoms with Gasteiger partial charge in [-0.25, -0.2) is 4.68 Å². The van der Waals surface area contributed by atoms with Crippen LogP contribution in [0.25, 0.3) is 10.9 Å². The molecule has 0 aliphatic heterocycles. The van der Waals surface area contributed by atoms with E-state index in [0.717, 1.165) is 19.3 Å². The fraction of sp³-hybridized carbons (Fsp3) is 0.357. The first-order chi connectivity index (χ1) is 10.7. The molecule has 4 rings (SSSR count). The third kappa shape index (κ3) is 2.00. The summed E-state index contributed by atoms with van der Waals surface area (Å²) >= 11 is 0. The molecule has 2 aromatic heterocycles. The first-order valence-corrected chi connectivity index (χ1v) is 7.10. The van der Waals surface area contributed by atoms with Crippen LogP contribution < -0.4 is 11.3 Å². The van der Waals surface area contributed by atoms with E-state index in [-0.39, 0.29) is 12.1 Å². The lowest BCUT2D eigenvalue weighted by molar-refractivity contribution is 0.228. The number of nitrogens with two attached hydrogens (primary N) is 1. The van der Waals surface area contributed by atoms with Gasteiger partial charge in [0.1, 0.15) is 12.1 Å². The van der Waals surface area contributed by atoms with E-state index in [0.29, 0.717) is 22.6 Å². The summed E-state index contributed by atoms with van der Waals surface area (Å²) in [4.78, 5) is 16.6. The molecule has 0 radical (unpaired) electrons. The van der Waals surface area contributed by atoms with Crippen molar-refractivity contribution in [3.05, 3.63) is 46.3 Å². The molecule has 2 N–H and O–H groups in total. The van der Waals surface area contributed by atoms with Crippen LogP contribution in [0.2, 0.25) is 0 Å². The zero-order valence-electron chi connectivity index (χ0n) is 11.8. The Labute approximate surface area is 124 Å². The van der Waals surface area contributed by atoms with Gasteiger partial charge in [0.25, 0.3) is 5.56 Å². The maximum atomic E-state index is 12.3. The molecule has 1 aromatic carbocycles. The minimum absolute atomic E-state index is 0.0831. The lowest BCUT2D eigenvalue weighted by atomic mass is 9.77. The molecule has 8 nitrogen and oxygen atoms in total. The minimum Gasteiger partial charge on any atom is -0.337 e. The third-order valence-electron chi connectivity index (χ3n) is 4.07. The van der Waals surface area contributed by atoms with Gasteiger partial charge in [0.2, 0.25) is 5.89 Å². The summed E-state index contributed by atoms with van der Waals surface area (Å²) in [6.45, 7) is 0.0831. The van der Waals surface area contributed by atoms with Crippen LogP contribution in [0.1, 0.15) is 31.0 Å². The second kappa shape index (κ2) is 4.70. The first-order valence-electron chi connectivity index (χ1n) is 7.10. The summed E-state index contributed by atoms with van der Waals surface area (Å²) in [5.74, 6) is 0.800. The highest BCUT2D eigenvalue weighted by Gasteiger charge is 2.39. The minimum atomic E-state index is -0.484. The van der Waals surface area contributed by atoms with E-state index >= 15 is 0 Å². The van der Waals surface area contributed by atoms with Crippen LogP contribution in [0.15, 0.2) is 33.6 Å². The second-order valence-corrected chi connectivity index (χ2v) is 5.59. The molecule has 112 valence electrons. The quantitative estimate of drug-likeness (QED) is 0.751. The van der Waals surface area contributed by atoms with Gasteiger partial charge in [-0.1, -0.05) is 22.5 Å². The molecule has 0 bridgehead atoms. The maximum Gasteiger partial charge on any atom is 0.278 e. The zero-order chi connectivity index (χ0) is 15.2. The molecular formula is C14H14N6O2. The zero-order valence-corrected chi connectivity index (χ0v) is 11.8. The fourth-order valence-corrected chi connectivity index (χ4v) is 2.56. The molecule has 22 heavy (non-hydrogen) atoms. The van der Waals surface area contributed by atoms with Gasteiger partial charge in [-0.3, -0.25) is 4.79 Å². The first kappa shape index (κ1) is 13.1. The van der Waals surface area contributed by atoms with Crippen molar-refractivity contribution in [3.8, 4) is 0 Å². The predicted octanol–water partition coefficient (Wildman–Crippen LogP) is 0.561. The Morgan fingerprint density at radius 2 is 2.14 bits per heavy atom. The molecule has 1 aliphatic carbocycles. The van der Waals surface area contributed by atoms with Crippen LogP contribution >= 0.6 is 0 Å². The maximum absolute atomic E-state index is 12.3. The molecule has 1 saturated carbocycles. The largest absolute Gasteiger partial charge is 0.337 e. The Hall–Kier alpha value is -2.61. The number of fused-ring (bicyclic) bond motifs is 1. The van der Waals surface area contributed by atoms with Crippen molar-refractivity contribution in [2.45, 2.75) is 31.3 Å². The molecule has 3 aromatic rings. The highest BCUT2D eigenvalue weighted by atomic mass is 16.5. The average molecular weight is 298 g/mol. The Balaban J connectivity index is 1.66. The lowest BCUT2D eigenvalue weighted by Crippen LogP contribution is -2.44. The van der Waals surface area contributed by atoms with E-state index in [4.69, 9.17) is 10.3 Å². The third-order valence-corrected chi connectivity index (χ3v) is 4.07. The average Bonchev–Trinajstić information content (AvgIpc) is 2.97. The Morgan fingerprint density at radius 1 is 1.32 bits per heavy atom. The van der Waals surface area contributed by atoms with E-state index in [2.05, 4.69) is 20.5 Å². The van der Waals surface area contributed by atoms with Crippen LogP contribution in [0.3, 0.4) is 0 Å². The van der Waals surface area contributed by atoms with Gasteiger partial charge in [0.15, 0.2) is 5.82 Å². The van der Waals surface area contributed by atoms with Crippen molar-refractivity contribution in [3.63, 3.8) is 0 Å². The molecule has 0 spiro atoms. The van der Waals surface area contributed by atoms with Crippen molar-refractivity contribution < 1.29 is 4.52 Å². The molecule has 2 heterocycles. The molecular weight excluding hydrogens is 284 g/mol. The molecule has 0 atom stereocenters. The molecule has 1 fully saturated rings. The van der Waals surface area contributed by atoms with Crippen LogP contribution in [0, 0.1) is 0 Å². The van der Waals surface area contributed by atoms with E-state index in [1.807, 2.05) is 6.07 Å². The number of nitrogens with zero attached hydrogens (tertiary/aromatic N) is 5. The van der Waals surface area contributed by atoms with Crippen LogP contribution in [0.5, 0.6) is 0 Å². The summed E-state index contributed by atoms with van der Waals surface area (Å²) in [6.07, 6.45) is 2.76. The number of hydrogen-bond acceptors (Lipinski definition) is 7. The summed E-state index contributed by atoms with van der Waals surface area (Å²) < 4.78 is 6.40. The van der Waals surface area contributed by atoms with Crippen LogP contribution in [-0.4, -0.2) is 25.1 Å². The topological polar surface area (TPSA) is 113 Å². The molecule has 1 aliphatic rings. The van der Waals surface area contributed by atoms with E-state index in [1.54, 1.807) is 18.2 Å². The van der Waals surface area contributed by atoms with Gasteiger partial charge in [0.05, 0.1) is 10.9 Å². The lowest BCUT2D eigenvalue weighted by Gasteiger charge is -2.34. The predicted molar refractivity (Wildman–Crippen MR) is 76.9 cm³/mol. The molecule has 8 heteroatoms. The molecule has 0 unspecified atom stereocenters. The van der Waals surface area contributed by atoms with Crippen molar-refractivity contribution in [2.24, 2.45) is 5.73 Å². The fourth-order valence-electron chi connectivity index (χ4n) is 2.56. The van der Waals surface area contributed by atoms with Crippen LogP contribution in [-0.2, 0) is 12.1 Å². The Morgan fingerprint density at radius 3 is 2.91 bits per heavy atom. The number of aromatic nitrogens is 5. The number of hydrogen-bond donors (Lipinski definition) is 1. The van der Waals surface area contributed by atoms with E-state index in [9.17, 15) is 4.79 Å². The van der Waals surface area contributed by atoms with Crippen molar-refractivity contribution in [1.82, 2.24) is 25.1 Å². The van der Waals surface area contributed by atoms with Gasteiger partial charge in [0, 0.05) is 0 Å². The molecule has 0 saturated heterocycles. The summed E-state index contributed by atoms with van der Waals surface area (Å²) in [5, 5.41) is 12.4.